The Morgan fingerprint density at radius 1 is 0.570 bits per heavy atom. The second-order valence-electron chi connectivity index (χ2n) is 21.1. The van der Waals surface area contributed by atoms with E-state index in [9.17, 15) is 57.5 Å². The van der Waals surface area contributed by atoms with Crippen LogP contribution >= 0.6 is 0 Å². The lowest BCUT2D eigenvalue weighted by Gasteiger charge is -2.28. The number of aromatic nitrogens is 10. The Morgan fingerprint density at radius 3 is 1.58 bits per heavy atom. The molecule has 0 aliphatic carbocycles. The number of amides is 8. The van der Waals surface area contributed by atoms with Crippen LogP contribution in [-0.2, 0) is 64.5 Å². The van der Waals surface area contributed by atoms with E-state index < -0.39 is 150 Å². The number of hydrogen-bond acceptors (Lipinski definition) is 20. The number of nitrogens with zero attached hydrogens (tertiary/aromatic N) is 8. The minimum absolute atomic E-state index is 0.0481. The number of nitrogens with two attached hydrogens (primary N) is 4. The summed E-state index contributed by atoms with van der Waals surface area (Å²) >= 11 is 0. The number of likely N-dealkylation sites (N-methyl/N-ethyl adjacent to an activating group) is 1. The van der Waals surface area contributed by atoms with Crippen LogP contribution in [0.4, 0.5) is 5.82 Å². The van der Waals surface area contributed by atoms with Crippen molar-refractivity contribution in [3.05, 3.63) is 136 Å². The van der Waals surface area contributed by atoms with E-state index in [1.165, 1.54) is 59.4 Å². The van der Waals surface area contributed by atoms with Gasteiger partial charge in [-0.25, -0.2) is 29.3 Å². The largest absolute Gasteiger partial charge is 0.382 e. The Hall–Kier alpha value is -12.3. The van der Waals surface area contributed by atoms with Crippen LogP contribution in [-0.4, -0.2) is 175 Å². The van der Waals surface area contributed by atoms with Gasteiger partial charge in [0, 0.05) is 39.3 Å². The van der Waals surface area contributed by atoms with Crippen LogP contribution in [0.1, 0.15) is 32.6 Å². The predicted octanol–water partition coefficient (Wildman–Crippen LogP) is -8.24. The maximum atomic E-state index is 15.1. The third-order valence-electron chi connectivity index (χ3n) is 14.2. The van der Waals surface area contributed by atoms with E-state index in [1.54, 1.807) is 0 Å². The first-order chi connectivity index (χ1) is 44.2. The molecule has 0 unspecified atom stereocenters. The van der Waals surface area contributed by atoms with E-state index in [2.05, 4.69) is 67.5 Å². The summed E-state index contributed by atoms with van der Waals surface area (Å²) < 4.78 is 3.19. The third kappa shape index (κ3) is 17.9. The highest BCUT2D eigenvalue weighted by Gasteiger charge is 2.35. The maximum absolute atomic E-state index is 15.1. The number of anilines is 1. The molecule has 7 rings (SSSR count). The SMILES string of the molecule is CC(=O)N[C@@H](CCCNC(=N)N)C(=O)N[C@H](Cn1ccc(=O)[nH]c1=O)C(=O)N(C)CC(=O)N[C@H](Cn1c(=O)[nH]c2ccccc2c1=O)C(=O)N[C@H](Cn1c(=O)[nH]c2ccccc2c1=O)C(=O)N[C@H](Cn1cnc2c(N)ncnc21)C(=O)N[C@@H](CCCNC(=N)N)C(N)=O. The molecule has 8 amide bonds. The first kappa shape index (κ1) is 68.1. The van der Waals surface area contributed by atoms with E-state index in [1.807, 2.05) is 4.98 Å². The number of nitrogens with one attached hydrogen (secondary N) is 13. The lowest BCUT2D eigenvalue weighted by atomic mass is 10.1. The summed E-state index contributed by atoms with van der Waals surface area (Å²) in [5, 5.41) is 34.4. The molecule has 7 aromatic rings. The van der Waals surface area contributed by atoms with Crippen molar-refractivity contribution in [1.82, 2.24) is 95.6 Å². The van der Waals surface area contributed by atoms with Crippen LogP contribution in [0.25, 0.3) is 33.0 Å². The Labute approximate surface area is 521 Å². The molecule has 0 saturated carbocycles. The molecular formula is C54H67N25O14. The molecule has 6 atom stereocenters. The van der Waals surface area contributed by atoms with Crippen LogP contribution in [0.3, 0.4) is 0 Å². The number of para-hydroxylation sites is 2. The summed E-state index contributed by atoms with van der Waals surface area (Å²) in [5.41, 5.74) is 16.7. The molecule has 2 aromatic carbocycles. The van der Waals surface area contributed by atoms with Gasteiger partial charge in [-0.15, -0.1) is 0 Å². The molecule has 0 bridgehead atoms. The van der Waals surface area contributed by atoms with Crippen molar-refractivity contribution in [2.24, 2.45) is 17.2 Å². The molecule has 0 spiro atoms. The molecule has 39 heteroatoms. The number of fused-ring (bicyclic) bond motifs is 3. The predicted molar refractivity (Wildman–Crippen MR) is 331 cm³/mol. The number of carbonyl (C=O) groups excluding carboxylic acids is 8. The van der Waals surface area contributed by atoms with E-state index >= 15 is 9.59 Å². The van der Waals surface area contributed by atoms with Gasteiger partial charge in [0.05, 0.1) is 60.9 Å². The molecule has 0 aliphatic heterocycles. The summed E-state index contributed by atoms with van der Waals surface area (Å²) in [6.07, 6.45) is 3.38. The molecule has 0 saturated heterocycles. The van der Waals surface area contributed by atoms with Crippen molar-refractivity contribution < 1.29 is 38.4 Å². The fourth-order valence-corrected chi connectivity index (χ4v) is 9.62. The molecule has 492 valence electrons. The summed E-state index contributed by atoms with van der Waals surface area (Å²) in [6, 6.07) is 1.84. The van der Waals surface area contributed by atoms with Crippen LogP contribution in [0.5, 0.6) is 0 Å². The number of primary amides is 1. The Balaban J connectivity index is 1.26. The van der Waals surface area contributed by atoms with Gasteiger partial charge in [0.2, 0.25) is 47.3 Å². The average Bonchev–Trinajstić information content (AvgIpc) is 1.37. The van der Waals surface area contributed by atoms with Gasteiger partial charge in [-0.1, -0.05) is 24.3 Å². The minimum atomic E-state index is -2.16. The van der Waals surface area contributed by atoms with Crippen LogP contribution in [0, 0.1) is 10.8 Å². The number of imidazole rings is 1. The lowest BCUT2D eigenvalue weighted by molar-refractivity contribution is -0.140. The first-order valence-electron chi connectivity index (χ1n) is 28.3. The average molecular weight is 1290 g/mol. The molecule has 0 aliphatic rings. The van der Waals surface area contributed by atoms with Gasteiger partial charge >= 0.3 is 17.1 Å². The van der Waals surface area contributed by atoms with Crippen LogP contribution in [0.2, 0.25) is 0 Å². The van der Waals surface area contributed by atoms with Gasteiger partial charge in [0.15, 0.2) is 23.4 Å². The van der Waals surface area contributed by atoms with Gasteiger partial charge in [-0.2, -0.15) is 0 Å². The number of guanidine groups is 2. The Bertz CT molecular complexity index is 4410. The Kier molecular flexibility index (Phi) is 22.5. The van der Waals surface area contributed by atoms with E-state index in [0.717, 1.165) is 42.0 Å². The summed E-state index contributed by atoms with van der Waals surface area (Å²) in [6.45, 7) is -3.09. The van der Waals surface area contributed by atoms with Gasteiger partial charge in [-0.05, 0) is 49.9 Å². The third-order valence-corrected chi connectivity index (χ3v) is 14.2. The standard InChI is InChI=1S/C54H67N25O14/c1-26(80)66-32(14-8-17-62-51(59)60)43(84)71-36(20-76-18-15-37(81)74-52(76)91)49(90)75(2)23-38(82)67-34(21-78-47(88)27-9-3-5-11-29(27)72-53(78)92)45(86)70-35(22-79-48(89)28-10-4-6-12-30(28)73-54(79)93)46(87)69-33(19-77-25-65-39-40(55)63-24-64-42(39)77)44(85)68-31(41(56)83)13-7-16-61-50(57)58/h3-6,9-12,15,18,24-25,31-36H,7-8,13-14,16-17,19-23H2,1-2H3,(H2,56,83)(H,66,80)(H,67,82)(H,68,85)(H,69,87)(H,70,86)(H,71,84)(H,72,92)(H,73,93)(H2,55,63,64)(H4,57,58,61)(H4,59,60,62)(H,74,81,91)/t31-,32-,33+,34+,35+,36+/m0/s1. The summed E-state index contributed by atoms with van der Waals surface area (Å²) in [7, 11) is 1.07. The number of carbonyl (C=O) groups is 8. The second-order valence-corrected chi connectivity index (χ2v) is 21.1. The number of benzene rings is 2. The molecule has 0 radical (unpaired) electrons. The van der Waals surface area contributed by atoms with Crippen molar-refractivity contribution in [2.75, 3.05) is 32.4 Å². The molecule has 39 nitrogen and oxygen atoms in total. The molecule has 5 aromatic heterocycles. The van der Waals surface area contributed by atoms with Gasteiger partial charge in [0.25, 0.3) is 16.7 Å². The highest BCUT2D eigenvalue weighted by Crippen LogP contribution is 2.15. The topological polar surface area (TPSA) is 596 Å². The zero-order chi connectivity index (χ0) is 67.8. The molecule has 21 N–H and O–H groups in total. The van der Waals surface area contributed by atoms with E-state index in [4.69, 9.17) is 33.8 Å². The van der Waals surface area contributed by atoms with Crippen molar-refractivity contribution in [1.29, 1.82) is 10.8 Å². The number of rotatable bonds is 30. The van der Waals surface area contributed by atoms with Gasteiger partial charge < -0.3 is 84.9 Å². The number of H-pyrrole nitrogens is 3. The van der Waals surface area contributed by atoms with Crippen molar-refractivity contribution in [3.63, 3.8) is 0 Å². The quantitative estimate of drug-likeness (QED) is 0.0113. The number of hydrogen-bond donors (Lipinski definition) is 17. The smallest absolute Gasteiger partial charge is 0.328 e. The molecule has 0 fully saturated rings. The van der Waals surface area contributed by atoms with Crippen molar-refractivity contribution in [2.45, 2.75) is 95.0 Å². The van der Waals surface area contributed by atoms with Crippen LogP contribution in [0.15, 0.2) is 102 Å². The fourth-order valence-electron chi connectivity index (χ4n) is 9.62. The van der Waals surface area contributed by atoms with E-state index in [0.29, 0.717) is 9.13 Å². The molecule has 93 heavy (non-hydrogen) atoms. The lowest BCUT2D eigenvalue weighted by Crippen LogP contribution is -2.61. The van der Waals surface area contributed by atoms with E-state index in [-0.39, 0.29) is 89.5 Å². The monoisotopic (exact) mass is 1290 g/mol. The highest BCUT2D eigenvalue weighted by atomic mass is 16.2. The van der Waals surface area contributed by atoms with Crippen LogP contribution < -0.4 is 99.2 Å². The summed E-state index contributed by atoms with van der Waals surface area (Å²) in [5.74, 6) is -9.61. The fraction of sp³-hybridized carbons (Fsp3) is 0.352. The normalized spacial score (nSPS) is 13.1. The highest BCUT2D eigenvalue weighted by molar-refractivity contribution is 5.97. The van der Waals surface area contributed by atoms with Crippen molar-refractivity contribution in [3.8, 4) is 0 Å². The zero-order valence-corrected chi connectivity index (χ0v) is 49.8. The molecule has 5 heterocycles. The zero-order valence-electron chi connectivity index (χ0n) is 49.8. The first-order valence-corrected chi connectivity index (χ1v) is 28.3. The van der Waals surface area contributed by atoms with Gasteiger partial charge in [0.1, 0.15) is 48.1 Å². The number of nitrogen functional groups attached to an aromatic ring is 1. The summed E-state index contributed by atoms with van der Waals surface area (Å²) in [4.78, 5) is 213. The van der Waals surface area contributed by atoms with Gasteiger partial charge in [-0.3, -0.25) is 82.2 Å². The van der Waals surface area contributed by atoms with Crippen molar-refractivity contribution >= 4 is 98.0 Å². The molecular weight excluding hydrogens is 1220 g/mol. The second kappa shape index (κ2) is 30.7. The Morgan fingerprint density at radius 2 is 1.05 bits per heavy atom. The number of aromatic amines is 3. The maximum Gasteiger partial charge on any atom is 0.328 e. The minimum Gasteiger partial charge on any atom is -0.382 e.